The molecule has 2 aromatic heterocycles. The summed E-state index contributed by atoms with van der Waals surface area (Å²) in [7, 11) is 0. The number of aromatic nitrogens is 3. The number of anilines is 2. The van der Waals surface area contributed by atoms with Crippen LogP contribution in [0.4, 0.5) is 24.7 Å². The van der Waals surface area contributed by atoms with E-state index in [0.29, 0.717) is 35.8 Å². The van der Waals surface area contributed by atoms with E-state index in [9.17, 15) is 22.8 Å². The molecule has 0 aromatic carbocycles. The van der Waals surface area contributed by atoms with Crippen molar-refractivity contribution in [3.63, 3.8) is 0 Å². The van der Waals surface area contributed by atoms with Crippen LogP contribution in [0.5, 0.6) is 0 Å². The molecule has 9 nitrogen and oxygen atoms in total. The molecule has 182 valence electrons. The zero-order chi connectivity index (χ0) is 24.7. The second kappa shape index (κ2) is 11.2. The van der Waals surface area contributed by atoms with Crippen LogP contribution in [0.2, 0.25) is 0 Å². The first-order chi connectivity index (χ1) is 16.2. The first-order valence-electron chi connectivity index (χ1n) is 10.5. The maximum absolute atomic E-state index is 12.6. The molecule has 34 heavy (non-hydrogen) atoms. The standard InChI is InChI=1S/C21H24F3N7O2S/c1-3-25-17-13(2)29-12-30-18(17)31-8-9-34-16(11-31)20(33)27-7-6-26-19(32)15-5-4-14(10-28-15)21(22,23)24/h4-5,10-12,25H,3,6-9H2,1-2H3,(H,26,32)(H,27,33). The van der Waals surface area contributed by atoms with Gasteiger partial charge in [0.2, 0.25) is 0 Å². The molecule has 1 aliphatic rings. The molecular weight excluding hydrogens is 471 g/mol. The predicted octanol–water partition coefficient (Wildman–Crippen LogP) is 2.57. The molecule has 3 rings (SSSR count). The van der Waals surface area contributed by atoms with Gasteiger partial charge in [0, 0.05) is 44.3 Å². The highest BCUT2D eigenvalue weighted by molar-refractivity contribution is 8.04. The monoisotopic (exact) mass is 495 g/mol. The van der Waals surface area contributed by atoms with Gasteiger partial charge in [-0.25, -0.2) is 9.97 Å². The second-order valence-electron chi connectivity index (χ2n) is 7.16. The van der Waals surface area contributed by atoms with Gasteiger partial charge in [-0.3, -0.25) is 14.6 Å². The fourth-order valence-corrected chi connectivity index (χ4v) is 3.99. The summed E-state index contributed by atoms with van der Waals surface area (Å²) >= 11 is 1.41. The van der Waals surface area contributed by atoms with Crippen molar-refractivity contribution in [2.75, 3.05) is 42.1 Å². The zero-order valence-electron chi connectivity index (χ0n) is 18.6. The van der Waals surface area contributed by atoms with Crippen molar-refractivity contribution in [3.8, 4) is 0 Å². The molecule has 13 heteroatoms. The van der Waals surface area contributed by atoms with Crippen molar-refractivity contribution in [1.29, 1.82) is 0 Å². The highest BCUT2D eigenvalue weighted by atomic mass is 32.2. The molecule has 0 bridgehead atoms. The van der Waals surface area contributed by atoms with E-state index in [2.05, 4.69) is 30.9 Å². The van der Waals surface area contributed by atoms with E-state index in [1.807, 2.05) is 18.7 Å². The fourth-order valence-electron chi connectivity index (χ4n) is 3.08. The predicted molar refractivity (Wildman–Crippen MR) is 123 cm³/mol. The number of carbonyl (C=O) groups is 2. The van der Waals surface area contributed by atoms with Gasteiger partial charge in [0.1, 0.15) is 12.0 Å². The van der Waals surface area contributed by atoms with Crippen LogP contribution < -0.4 is 20.9 Å². The van der Waals surface area contributed by atoms with Crippen LogP contribution in [-0.4, -0.2) is 58.7 Å². The number of pyridine rings is 1. The first kappa shape index (κ1) is 25.3. The van der Waals surface area contributed by atoms with Crippen molar-refractivity contribution < 1.29 is 22.8 Å². The van der Waals surface area contributed by atoms with E-state index in [4.69, 9.17) is 0 Å². The molecule has 2 amide bonds. The molecule has 3 heterocycles. The quantitative estimate of drug-likeness (QED) is 0.479. The second-order valence-corrected chi connectivity index (χ2v) is 8.30. The third-order valence-corrected chi connectivity index (χ3v) is 5.74. The maximum Gasteiger partial charge on any atom is 0.417 e. The third-order valence-electron chi connectivity index (χ3n) is 4.75. The topological polar surface area (TPSA) is 112 Å². The van der Waals surface area contributed by atoms with Crippen molar-refractivity contribution in [3.05, 3.63) is 52.7 Å². The number of hydrogen-bond donors (Lipinski definition) is 3. The van der Waals surface area contributed by atoms with Gasteiger partial charge in [0.05, 0.1) is 21.8 Å². The van der Waals surface area contributed by atoms with Gasteiger partial charge < -0.3 is 20.9 Å². The van der Waals surface area contributed by atoms with Gasteiger partial charge in [-0.2, -0.15) is 13.2 Å². The first-order valence-corrected chi connectivity index (χ1v) is 11.5. The number of hydrogen-bond acceptors (Lipinski definition) is 8. The van der Waals surface area contributed by atoms with Gasteiger partial charge >= 0.3 is 6.18 Å². The summed E-state index contributed by atoms with van der Waals surface area (Å²) in [5, 5.41) is 8.50. The summed E-state index contributed by atoms with van der Waals surface area (Å²) in [6.07, 6.45) is -0.699. The molecule has 2 aromatic rings. The molecule has 0 unspecified atom stereocenters. The molecule has 0 spiro atoms. The van der Waals surface area contributed by atoms with Crippen LogP contribution in [0, 0.1) is 6.92 Å². The van der Waals surface area contributed by atoms with Crippen molar-refractivity contribution in [2.45, 2.75) is 20.0 Å². The lowest BCUT2D eigenvalue weighted by Crippen LogP contribution is -2.36. The normalized spacial score (nSPS) is 13.8. The number of rotatable bonds is 8. The Hall–Kier alpha value is -3.35. The molecule has 0 saturated heterocycles. The summed E-state index contributed by atoms with van der Waals surface area (Å²) in [6.45, 7) is 5.46. The maximum atomic E-state index is 12.6. The number of nitrogens with zero attached hydrogens (tertiary/aromatic N) is 4. The summed E-state index contributed by atoms with van der Waals surface area (Å²) in [4.78, 5) is 39.2. The third kappa shape index (κ3) is 6.37. The number of thioether (sulfide) groups is 1. The highest BCUT2D eigenvalue weighted by Crippen LogP contribution is 2.31. The molecule has 0 atom stereocenters. The number of nitrogens with one attached hydrogen (secondary N) is 3. The minimum absolute atomic E-state index is 0.0879. The van der Waals surface area contributed by atoms with Gasteiger partial charge in [0.15, 0.2) is 5.82 Å². The van der Waals surface area contributed by atoms with Crippen LogP contribution in [0.25, 0.3) is 0 Å². The Balaban J connectivity index is 1.53. The molecular formula is C21H24F3N7O2S. The largest absolute Gasteiger partial charge is 0.417 e. The number of carbonyl (C=O) groups excluding carboxylic acids is 2. The Kier molecular flexibility index (Phi) is 8.31. The number of aryl methyl sites for hydroxylation is 1. The van der Waals surface area contributed by atoms with Crippen molar-refractivity contribution in [2.24, 2.45) is 0 Å². The Morgan fingerprint density at radius 1 is 1.12 bits per heavy atom. The van der Waals surface area contributed by atoms with Crippen molar-refractivity contribution in [1.82, 2.24) is 25.6 Å². The Morgan fingerprint density at radius 3 is 2.50 bits per heavy atom. The lowest BCUT2D eigenvalue weighted by atomic mass is 10.2. The molecule has 0 radical (unpaired) electrons. The van der Waals surface area contributed by atoms with Crippen LogP contribution in [0.3, 0.4) is 0 Å². The van der Waals surface area contributed by atoms with E-state index >= 15 is 0 Å². The van der Waals surface area contributed by atoms with E-state index in [0.717, 1.165) is 23.5 Å². The Labute approximate surface area is 198 Å². The molecule has 3 N–H and O–H groups in total. The van der Waals surface area contributed by atoms with Crippen LogP contribution in [0.1, 0.15) is 28.7 Å². The minimum Gasteiger partial charge on any atom is -0.381 e. The lowest BCUT2D eigenvalue weighted by molar-refractivity contribution is -0.137. The molecule has 1 aliphatic heterocycles. The molecule has 0 saturated carbocycles. The van der Waals surface area contributed by atoms with Gasteiger partial charge in [-0.05, 0) is 26.0 Å². The molecule has 0 aliphatic carbocycles. The van der Waals surface area contributed by atoms with Crippen LogP contribution in [0.15, 0.2) is 35.8 Å². The number of amides is 2. The summed E-state index contributed by atoms with van der Waals surface area (Å²) < 4.78 is 37.8. The average molecular weight is 496 g/mol. The smallest absolute Gasteiger partial charge is 0.381 e. The van der Waals surface area contributed by atoms with Gasteiger partial charge in [-0.1, -0.05) is 0 Å². The fraction of sp³-hybridized carbons (Fsp3) is 0.381. The van der Waals surface area contributed by atoms with Crippen molar-refractivity contribution >= 4 is 35.1 Å². The summed E-state index contributed by atoms with van der Waals surface area (Å²) in [5.41, 5.74) is 0.547. The Bertz CT molecular complexity index is 1060. The Morgan fingerprint density at radius 2 is 1.85 bits per heavy atom. The van der Waals surface area contributed by atoms with E-state index in [1.165, 1.54) is 18.1 Å². The van der Waals surface area contributed by atoms with E-state index in [-0.39, 0.29) is 24.7 Å². The van der Waals surface area contributed by atoms with Crippen LogP contribution >= 0.6 is 11.8 Å². The average Bonchev–Trinajstić information content (AvgIpc) is 2.82. The van der Waals surface area contributed by atoms with E-state index in [1.54, 1.807) is 6.20 Å². The summed E-state index contributed by atoms with van der Waals surface area (Å²) in [5.74, 6) is 0.448. The SMILES string of the molecule is CCNc1c(C)ncnc1N1C=C(C(=O)NCCNC(=O)c2ccc(C(F)(F)F)cn2)SCC1. The van der Waals surface area contributed by atoms with E-state index < -0.39 is 17.6 Å². The molecule has 0 fully saturated rings. The highest BCUT2D eigenvalue weighted by Gasteiger charge is 2.31. The van der Waals surface area contributed by atoms with Gasteiger partial charge in [0.25, 0.3) is 11.8 Å². The minimum atomic E-state index is -4.52. The lowest BCUT2D eigenvalue weighted by Gasteiger charge is -2.27. The summed E-state index contributed by atoms with van der Waals surface area (Å²) in [6, 6.07) is 1.80. The zero-order valence-corrected chi connectivity index (χ0v) is 19.4. The van der Waals surface area contributed by atoms with Gasteiger partial charge in [-0.15, -0.1) is 11.8 Å². The van der Waals surface area contributed by atoms with Crippen LogP contribution in [-0.2, 0) is 11.0 Å². The number of alkyl halides is 3. The number of halogens is 3.